The molecule has 0 bridgehead atoms. The molecule has 166 valence electrons. The summed E-state index contributed by atoms with van der Waals surface area (Å²) in [5.41, 5.74) is 1.86. The van der Waals surface area contributed by atoms with E-state index in [1.165, 1.54) is 51.4 Å². The second-order valence-electron chi connectivity index (χ2n) is 12.4. The van der Waals surface area contributed by atoms with E-state index in [1.54, 1.807) is 38.5 Å². The molecule has 0 spiro atoms. The van der Waals surface area contributed by atoms with Crippen LogP contribution < -0.4 is 0 Å². The number of allylic oxidation sites excluding steroid dienone is 2. The summed E-state index contributed by atoms with van der Waals surface area (Å²) < 4.78 is 0. The third-order valence-corrected chi connectivity index (χ3v) is 14.5. The summed E-state index contributed by atoms with van der Waals surface area (Å²) in [6.07, 6.45) is 27.1. The fourth-order valence-corrected chi connectivity index (χ4v) is 14.7. The molecule has 0 aromatic carbocycles. The van der Waals surface area contributed by atoms with Gasteiger partial charge in [-0.05, 0) is 110 Å². The van der Waals surface area contributed by atoms with Gasteiger partial charge in [0.1, 0.15) is 0 Å². The molecule has 0 aromatic heterocycles. The standard InChI is InChI=1S/C28H48S/c1-19-17-22-13-8-9-14-24(22)27(19)29(3,4)28-20(2)18-26-23(15-10-16-25(26)28)21-11-6-5-7-12-21/h20-26,28H,5-18H2,1-4H3/t20-,22+,23+,24?,25?,26?,28?/m0/s1. The van der Waals surface area contributed by atoms with E-state index in [-0.39, 0.29) is 0 Å². The molecular formula is C28H48S. The first-order valence-corrected chi connectivity index (χ1v) is 15.9. The maximum Gasteiger partial charge on any atom is -0.00243 e. The van der Waals surface area contributed by atoms with Crippen molar-refractivity contribution < 1.29 is 0 Å². The Balaban J connectivity index is 1.41. The molecule has 7 atom stereocenters. The topological polar surface area (TPSA) is 0 Å². The highest BCUT2D eigenvalue weighted by molar-refractivity contribution is 8.36. The molecule has 5 aliphatic rings. The Morgan fingerprint density at radius 3 is 2.14 bits per heavy atom. The van der Waals surface area contributed by atoms with Gasteiger partial charge in [0, 0.05) is 0 Å². The monoisotopic (exact) mass is 416 g/mol. The number of hydrogen-bond donors (Lipinski definition) is 0. The fraction of sp³-hybridized carbons (Fsp3) is 0.929. The van der Waals surface area contributed by atoms with E-state index in [4.69, 9.17) is 0 Å². The van der Waals surface area contributed by atoms with Crippen molar-refractivity contribution in [1.82, 2.24) is 0 Å². The third-order valence-electron chi connectivity index (χ3n) is 10.5. The van der Waals surface area contributed by atoms with Crippen LogP contribution in [0.5, 0.6) is 0 Å². The van der Waals surface area contributed by atoms with Crippen molar-refractivity contribution >= 4 is 10.0 Å². The molecule has 29 heavy (non-hydrogen) atoms. The normalized spacial score (nSPS) is 44.6. The maximum absolute atomic E-state index is 2.79. The van der Waals surface area contributed by atoms with Gasteiger partial charge < -0.3 is 0 Å². The fourth-order valence-electron chi connectivity index (χ4n) is 9.84. The van der Waals surface area contributed by atoms with Crippen molar-refractivity contribution in [2.75, 3.05) is 12.5 Å². The quantitative estimate of drug-likeness (QED) is 0.432. The molecule has 0 nitrogen and oxygen atoms in total. The zero-order valence-corrected chi connectivity index (χ0v) is 20.7. The molecule has 5 rings (SSSR count). The van der Waals surface area contributed by atoms with Crippen LogP contribution in [0.3, 0.4) is 0 Å². The summed E-state index contributed by atoms with van der Waals surface area (Å²) in [5, 5.41) is 1.03. The first-order chi connectivity index (χ1) is 14.0. The molecule has 0 radical (unpaired) electrons. The van der Waals surface area contributed by atoms with Crippen molar-refractivity contribution in [3.05, 3.63) is 10.5 Å². The summed E-state index contributed by atoms with van der Waals surface area (Å²) in [5.74, 6) is 7.33. The van der Waals surface area contributed by atoms with Gasteiger partial charge >= 0.3 is 0 Å². The van der Waals surface area contributed by atoms with Crippen LogP contribution in [0.25, 0.3) is 0 Å². The van der Waals surface area contributed by atoms with Gasteiger partial charge in [0.2, 0.25) is 0 Å². The molecule has 4 saturated carbocycles. The van der Waals surface area contributed by atoms with Gasteiger partial charge in [0.15, 0.2) is 0 Å². The largest absolute Gasteiger partial charge is 0.220 e. The van der Waals surface area contributed by atoms with Crippen LogP contribution in [-0.4, -0.2) is 17.8 Å². The lowest BCUT2D eigenvalue weighted by molar-refractivity contribution is 0.0995. The van der Waals surface area contributed by atoms with E-state index in [0.717, 1.165) is 46.7 Å². The molecule has 0 N–H and O–H groups in total. The average molecular weight is 417 g/mol. The van der Waals surface area contributed by atoms with Gasteiger partial charge in [-0.25, -0.2) is 10.0 Å². The van der Waals surface area contributed by atoms with Crippen LogP contribution in [0.4, 0.5) is 0 Å². The Hall–Kier alpha value is 0.0900. The van der Waals surface area contributed by atoms with E-state index in [0.29, 0.717) is 0 Å². The Morgan fingerprint density at radius 1 is 0.690 bits per heavy atom. The highest BCUT2D eigenvalue weighted by Gasteiger charge is 2.53. The van der Waals surface area contributed by atoms with Gasteiger partial charge in [0.05, 0.1) is 0 Å². The maximum atomic E-state index is 2.79. The molecule has 0 amide bonds. The van der Waals surface area contributed by atoms with E-state index >= 15 is 0 Å². The van der Waals surface area contributed by atoms with Crippen LogP contribution in [0, 0.1) is 41.4 Å². The zero-order valence-electron chi connectivity index (χ0n) is 19.9. The van der Waals surface area contributed by atoms with Crippen LogP contribution >= 0.6 is 10.0 Å². The molecule has 0 heterocycles. The molecule has 4 fully saturated rings. The Kier molecular flexibility index (Phi) is 5.94. The van der Waals surface area contributed by atoms with Crippen molar-refractivity contribution in [2.45, 2.75) is 109 Å². The van der Waals surface area contributed by atoms with Crippen LogP contribution in [-0.2, 0) is 0 Å². The zero-order chi connectivity index (χ0) is 20.2. The van der Waals surface area contributed by atoms with Gasteiger partial charge in [-0.15, -0.1) is 0 Å². The van der Waals surface area contributed by atoms with Crippen molar-refractivity contribution in [2.24, 2.45) is 41.4 Å². The van der Waals surface area contributed by atoms with Gasteiger partial charge in [-0.2, -0.15) is 0 Å². The smallest absolute Gasteiger partial charge is 0.00243 e. The predicted molar refractivity (Wildman–Crippen MR) is 131 cm³/mol. The lowest BCUT2D eigenvalue weighted by atomic mass is 9.65. The highest BCUT2D eigenvalue weighted by atomic mass is 32.3. The van der Waals surface area contributed by atoms with Gasteiger partial charge in [-0.1, -0.05) is 63.9 Å². The van der Waals surface area contributed by atoms with Crippen LogP contribution in [0.1, 0.15) is 104 Å². The van der Waals surface area contributed by atoms with Crippen molar-refractivity contribution in [3.8, 4) is 0 Å². The molecule has 1 heteroatoms. The lowest BCUT2D eigenvalue weighted by Gasteiger charge is -2.50. The minimum Gasteiger partial charge on any atom is -0.220 e. The molecule has 5 aliphatic carbocycles. The Bertz CT molecular complexity index is 624. The molecule has 0 saturated heterocycles. The second-order valence-corrected chi connectivity index (χ2v) is 16.2. The van der Waals surface area contributed by atoms with E-state index in [9.17, 15) is 0 Å². The highest BCUT2D eigenvalue weighted by Crippen LogP contribution is 2.71. The number of fused-ring (bicyclic) bond motifs is 2. The minimum atomic E-state index is -0.652. The predicted octanol–water partition coefficient (Wildman–Crippen LogP) is 8.56. The second kappa shape index (κ2) is 8.22. The number of rotatable bonds is 3. The average Bonchev–Trinajstić information content (AvgIpc) is 3.24. The van der Waals surface area contributed by atoms with E-state index < -0.39 is 10.0 Å². The van der Waals surface area contributed by atoms with Crippen molar-refractivity contribution in [1.29, 1.82) is 0 Å². The van der Waals surface area contributed by atoms with Crippen LogP contribution in [0.15, 0.2) is 10.5 Å². The third kappa shape index (κ3) is 3.58. The summed E-state index contributed by atoms with van der Waals surface area (Å²) in [6, 6.07) is 0. The first kappa shape index (κ1) is 21.0. The van der Waals surface area contributed by atoms with Crippen molar-refractivity contribution in [3.63, 3.8) is 0 Å². The minimum absolute atomic E-state index is 0.652. The molecule has 0 aromatic rings. The Labute approximate surface area is 183 Å². The van der Waals surface area contributed by atoms with E-state index in [1.807, 2.05) is 5.57 Å². The molecular weight excluding hydrogens is 368 g/mol. The number of hydrogen-bond acceptors (Lipinski definition) is 0. The lowest BCUT2D eigenvalue weighted by Crippen LogP contribution is -2.37. The summed E-state index contributed by atoms with van der Waals surface area (Å²) >= 11 is 0. The summed E-state index contributed by atoms with van der Waals surface area (Å²) in [4.78, 5) is 2.06. The Morgan fingerprint density at radius 2 is 1.34 bits per heavy atom. The SMILES string of the molecule is CC1=C(S(C)(C)C2C3CCC[C@H](C4CCCCC4)C3C[C@@H]2C)C2CCCC[C@@H]2C1. The van der Waals surface area contributed by atoms with Crippen LogP contribution in [0.2, 0.25) is 0 Å². The first-order valence-electron chi connectivity index (χ1n) is 13.4. The summed E-state index contributed by atoms with van der Waals surface area (Å²) in [6.45, 7) is 5.23. The summed E-state index contributed by atoms with van der Waals surface area (Å²) in [7, 11) is -0.652. The van der Waals surface area contributed by atoms with E-state index in [2.05, 4.69) is 31.3 Å². The van der Waals surface area contributed by atoms with Gasteiger partial charge in [-0.3, -0.25) is 0 Å². The van der Waals surface area contributed by atoms with Gasteiger partial charge in [0.25, 0.3) is 0 Å². The molecule has 4 unspecified atom stereocenters. The molecule has 0 aliphatic heterocycles.